The summed E-state index contributed by atoms with van der Waals surface area (Å²) >= 11 is 1.38. The first-order valence-electron chi connectivity index (χ1n) is 7.10. The van der Waals surface area contributed by atoms with E-state index in [4.69, 9.17) is 0 Å². The van der Waals surface area contributed by atoms with Crippen molar-refractivity contribution in [3.05, 3.63) is 35.5 Å². The number of nitrogens with one attached hydrogen (secondary N) is 1. The van der Waals surface area contributed by atoms with Crippen LogP contribution in [0.25, 0.3) is 10.7 Å². The van der Waals surface area contributed by atoms with Crippen molar-refractivity contribution in [3.8, 4) is 10.7 Å². The van der Waals surface area contributed by atoms with E-state index in [9.17, 15) is 9.59 Å². The van der Waals surface area contributed by atoms with Gasteiger partial charge in [0.05, 0.1) is 5.69 Å². The van der Waals surface area contributed by atoms with Gasteiger partial charge in [0, 0.05) is 25.2 Å². The number of hydrogen-bond donors (Lipinski definition) is 1. The zero-order chi connectivity index (χ0) is 15.5. The second kappa shape index (κ2) is 6.23. The highest BCUT2D eigenvalue weighted by atomic mass is 32.1. The number of pyridine rings is 1. The second-order valence-corrected chi connectivity index (χ2v) is 5.88. The van der Waals surface area contributed by atoms with Gasteiger partial charge >= 0.3 is 0 Å². The molecule has 1 saturated heterocycles. The number of carbonyl (C=O) groups is 2. The van der Waals surface area contributed by atoms with Crippen molar-refractivity contribution in [1.29, 1.82) is 0 Å². The van der Waals surface area contributed by atoms with Gasteiger partial charge in [0.25, 0.3) is 5.91 Å². The van der Waals surface area contributed by atoms with Crippen molar-refractivity contribution in [2.45, 2.75) is 18.9 Å². The van der Waals surface area contributed by atoms with Crippen LogP contribution in [-0.2, 0) is 4.79 Å². The molecule has 2 aromatic heterocycles. The minimum Gasteiger partial charge on any atom is -0.357 e. The highest BCUT2D eigenvalue weighted by molar-refractivity contribution is 7.13. The predicted molar refractivity (Wildman–Crippen MR) is 83.5 cm³/mol. The van der Waals surface area contributed by atoms with Gasteiger partial charge in [0.2, 0.25) is 5.91 Å². The molecule has 7 heteroatoms. The quantitative estimate of drug-likeness (QED) is 0.932. The van der Waals surface area contributed by atoms with E-state index in [0.29, 0.717) is 23.7 Å². The van der Waals surface area contributed by atoms with Gasteiger partial charge in [-0.3, -0.25) is 14.6 Å². The van der Waals surface area contributed by atoms with E-state index >= 15 is 0 Å². The van der Waals surface area contributed by atoms with Gasteiger partial charge in [-0.05, 0) is 25.0 Å². The van der Waals surface area contributed by atoms with Crippen LogP contribution in [0, 0.1) is 0 Å². The number of amides is 2. The lowest BCUT2D eigenvalue weighted by atomic mass is 10.2. The van der Waals surface area contributed by atoms with E-state index in [0.717, 1.165) is 12.1 Å². The second-order valence-electron chi connectivity index (χ2n) is 5.02. The van der Waals surface area contributed by atoms with Crippen LogP contribution >= 0.6 is 11.3 Å². The largest absolute Gasteiger partial charge is 0.357 e. The molecule has 2 amide bonds. The molecular formula is C15H16N4O2S. The van der Waals surface area contributed by atoms with E-state index in [1.54, 1.807) is 23.5 Å². The molecule has 22 heavy (non-hydrogen) atoms. The van der Waals surface area contributed by atoms with Crippen molar-refractivity contribution in [1.82, 2.24) is 20.2 Å². The summed E-state index contributed by atoms with van der Waals surface area (Å²) in [5.74, 6) is -0.310. The van der Waals surface area contributed by atoms with Crippen LogP contribution in [0.15, 0.2) is 29.8 Å². The minimum absolute atomic E-state index is 0.119. The van der Waals surface area contributed by atoms with E-state index in [2.05, 4.69) is 15.3 Å². The number of hydrogen-bond acceptors (Lipinski definition) is 5. The molecule has 0 radical (unpaired) electrons. The fourth-order valence-corrected chi connectivity index (χ4v) is 3.34. The van der Waals surface area contributed by atoms with Crippen LogP contribution < -0.4 is 5.32 Å². The van der Waals surface area contributed by atoms with Crippen molar-refractivity contribution in [3.63, 3.8) is 0 Å². The number of likely N-dealkylation sites (tertiary alicyclic amines) is 1. The highest BCUT2D eigenvalue weighted by Gasteiger charge is 2.34. The van der Waals surface area contributed by atoms with Crippen LogP contribution in [0.3, 0.4) is 0 Å². The average molecular weight is 316 g/mol. The summed E-state index contributed by atoms with van der Waals surface area (Å²) in [6, 6.07) is 5.18. The molecule has 2 aromatic rings. The zero-order valence-corrected chi connectivity index (χ0v) is 13.0. The van der Waals surface area contributed by atoms with E-state index < -0.39 is 6.04 Å². The Morgan fingerprint density at radius 1 is 1.41 bits per heavy atom. The first-order chi connectivity index (χ1) is 10.7. The summed E-state index contributed by atoms with van der Waals surface area (Å²) in [6.07, 6.45) is 3.23. The fourth-order valence-electron chi connectivity index (χ4n) is 2.57. The molecule has 0 saturated carbocycles. The van der Waals surface area contributed by atoms with Gasteiger partial charge in [-0.1, -0.05) is 6.07 Å². The van der Waals surface area contributed by atoms with Gasteiger partial charge in [0.15, 0.2) is 0 Å². The predicted octanol–water partition coefficient (Wildman–Crippen LogP) is 1.56. The Hall–Kier alpha value is -2.28. The first kappa shape index (κ1) is 14.6. The maximum absolute atomic E-state index is 12.6. The smallest absolute Gasteiger partial charge is 0.274 e. The first-order valence-corrected chi connectivity index (χ1v) is 7.98. The Bertz CT molecular complexity index is 686. The maximum atomic E-state index is 12.6. The molecule has 1 fully saturated rings. The Kier molecular flexibility index (Phi) is 4.15. The van der Waals surface area contributed by atoms with Gasteiger partial charge in [-0.15, -0.1) is 11.3 Å². The van der Waals surface area contributed by atoms with Gasteiger partial charge in [-0.2, -0.15) is 0 Å². The minimum atomic E-state index is -0.391. The average Bonchev–Trinajstić information content (AvgIpc) is 3.23. The standard InChI is InChI=1S/C15H16N4O2S/c1-16-13(20)12-6-4-8-19(12)15(21)11-9-22-14(18-11)10-5-2-3-7-17-10/h2-3,5,7,9,12H,4,6,8H2,1H3,(H,16,20). The van der Waals surface area contributed by atoms with Crippen LogP contribution in [0.4, 0.5) is 0 Å². The molecule has 1 aliphatic rings. The molecule has 6 nitrogen and oxygen atoms in total. The summed E-state index contributed by atoms with van der Waals surface area (Å²) in [7, 11) is 1.59. The van der Waals surface area contributed by atoms with Crippen LogP contribution in [0.5, 0.6) is 0 Å². The summed E-state index contributed by atoms with van der Waals surface area (Å²) in [4.78, 5) is 34.7. The molecule has 0 bridgehead atoms. The Labute approximate surface area is 132 Å². The molecule has 1 aliphatic heterocycles. The lowest BCUT2D eigenvalue weighted by Crippen LogP contribution is -2.45. The topological polar surface area (TPSA) is 75.2 Å². The van der Waals surface area contributed by atoms with Gasteiger partial charge in [-0.25, -0.2) is 4.98 Å². The lowest BCUT2D eigenvalue weighted by Gasteiger charge is -2.22. The Morgan fingerprint density at radius 3 is 3.00 bits per heavy atom. The fraction of sp³-hybridized carbons (Fsp3) is 0.333. The molecule has 1 N–H and O–H groups in total. The summed E-state index contributed by atoms with van der Waals surface area (Å²) in [5, 5.41) is 5.05. The summed E-state index contributed by atoms with van der Waals surface area (Å²) in [6.45, 7) is 0.591. The SMILES string of the molecule is CNC(=O)C1CCCN1C(=O)c1csc(-c2ccccn2)n1. The number of likely N-dealkylation sites (N-methyl/N-ethyl adjacent to an activating group) is 1. The summed E-state index contributed by atoms with van der Waals surface area (Å²) in [5.41, 5.74) is 1.12. The van der Waals surface area contributed by atoms with Crippen molar-refractivity contribution in [2.75, 3.05) is 13.6 Å². The molecule has 3 rings (SSSR count). The molecule has 1 atom stereocenters. The number of carbonyl (C=O) groups excluding carboxylic acids is 2. The molecule has 1 unspecified atom stereocenters. The van der Waals surface area contributed by atoms with Gasteiger partial charge < -0.3 is 10.2 Å². The van der Waals surface area contributed by atoms with E-state index in [1.807, 2.05) is 18.2 Å². The number of nitrogens with zero attached hydrogens (tertiary/aromatic N) is 3. The maximum Gasteiger partial charge on any atom is 0.274 e. The van der Waals surface area contributed by atoms with E-state index in [-0.39, 0.29) is 11.8 Å². The monoisotopic (exact) mass is 316 g/mol. The third-order valence-electron chi connectivity index (χ3n) is 3.67. The molecular weight excluding hydrogens is 300 g/mol. The van der Waals surface area contributed by atoms with Crippen LogP contribution in [0.2, 0.25) is 0 Å². The number of rotatable bonds is 3. The lowest BCUT2D eigenvalue weighted by molar-refractivity contribution is -0.124. The zero-order valence-electron chi connectivity index (χ0n) is 12.2. The van der Waals surface area contributed by atoms with Gasteiger partial charge in [0.1, 0.15) is 16.7 Å². The third kappa shape index (κ3) is 2.71. The van der Waals surface area contributed by atoms with Crippen LogP contribution in [0.1, 0.15) is 23.3 Å². The molecule has 0 aliphatic carbocycles. The number of thiazole rings is 1. The molecule has 0 spiro atoms. The van der Waals surface area contributed by atoms with E-state index in [1.165, 1.54) is 11.3 Å². The Balaban J connectivity index is 1.81. The van der Waals surface area contributed by atoms with Crippen molar-refractivity contribution in [2.24, 2.45) is 0 Å². The third-order valence-corrected chi connectivity index (χ3v) is 4.53. The normalized spacial score (nSPS) is 17.5. The molecule has 0 aromatic carbocycles. The van der Waals surface area contributed by atoms with Crippen LogP contribution in [-0.4, -0.2) is 46.3 Å². The highest BCUT2D eigenvalue weighted by Crippen LogP contribution is 2.25. The van der Waals surface area contributed by atoms with Crippen molar-refractivity contribution < 1.29 is 9.59 Å². The molecule has 114 valence electrons. The molecule has 3 heterocycles. The Morgan fingerprint density at radius 2 is 2.27 bits per heavy atom. The summed E-state index contributed by atoms with van der Waals surface area (Å²) < 4.78 is 0. The van der Waals surface area contributed by atoms with Crippen molar-refractivity contribution >= 4 is 23.2 Å². The number of aromatic nitrogens is 2.